The highest BCUT2D eigenvalue weighted by atomic mass is 35.5. The van der Waals surface area contributed by atoms with Gasteiger partial charge in [-0.1, -0.05) is 37.6 Å². The third kappa shape index (κ3) is 4.56. The van der Waals surface area contributed by atoms with Gasteiger partial charge < -0.3 is 9.80 Å². The van der Waals surface area contributed by atoms with Gasteiger partial charge in [-0.3, -0.25) is 4.79 Å². The molecule has 0 saturated carbocycles. The first-order valence-corrected chi connectivity index (χ1v) is 9.36. The van der Waals surface area contributed by atoms with E-state index in [1.165, 1.54) is 11.3 Å². The molecule has 2 rings (SSSR count). The number of likely N-dealkylation sites (N-methyl/N-ethyl adjacent to an activating group) is 2. The lowest BCUT2D eigenvalue weighted by Gasteiger charge is -2.22. The molecule has 0 spiro atoms. The van der Waals surface area contributed by atoms with Gasteiger partial charge in [-0.2, -0.15) is 0 Å². The maximum Gasteiger partial charge on any atom is 0.265 e. The Morgan fingerprint density at radius 3 is 2.58 bits per heavy atom. The molecule has 1 heterocycles. The van der Waals surface area contributed by atoms with Gasteiger partial charge in [0.25, 0.3) is 5.91 Å². The summed E-state index contributed by atoms with van der Waals surface area (Å²) in [6.45, 7) is 9.74. The monoisotopic (exact) mass is 365 g/mol. The van der Waals surface area contributed by atoms with E-state index in [9.17, 15) is 4.79 Å². The van der Waals surface area contributed by atoms with Crippen LogP contribution in [-0.2, 0) is 0 Å². The van der Waals surface area contributed by atoms with E-state index in [-0.39, 0.29) is 5.91 Å². The predicted octanol–water partition coefficient (Wildman–Crippen LogP) is 4.19. The van der Waals surface area contributed by atoms with Crippen molar-refractivity contribution in [1.82, 2.24) is 14.8 Å². The van der Waals surface area contributed by atoms with Crippen molar-refractivity contribution in [1.29, 1.82) is 0 Å². The maximum atomic E-state index is 12.7. The van der Waals surface area contributed by atoms with E-state index in [0.29, 0.717) is 16.4 Å². The minimum Gasteiger partial charge on any atom is -0.340 e. The van der Waals surface area contributed by atoms with Crippen LogP contribution in [-0.4, -0.2) is 53.9 Å². The lowest BCUT2D eigenvalue weighted by Crippen LogP contribution is -2.36. The summed E-state index contributed by atoms with van der Waals surface area (Å²) in [7, 11) is 1.85. The van der Waals surface area contributed by atoms with Gasteiger partial charge >= 0.3 is 0 Å². The highest BCUT2D eigenvalue weighted by molar-refractivity contribution is 7.17. The Bertz CT molecular complexity index is 697. The van der Waals surface area contributed by atoms with Gasteiger partial charge in [0.05, 0.1) is 5.69 Å². The van der Waals surface area contributed by atoms with Gasteiger partial charge in [0.1, 0.15) is 9.88 Å². The molecule has 0 N–H and O–H groups in total. The zero-order chi connectivity index (χ0) is 17.7. The molecule has 0 aliphatic carbocycles. The molecular formula is C18H24ClN3OS. The van der Waals surface area contributed by atoms with Crippen LogP contribution in [0.5, 0.6) is 0 Å². The van der Waals surface area contributed by atoms with Gasteiger partial charge in [0.2, 0.25) is 0 Å². The van der Waals surface area contributed by atoms with Gasteiger partial charge in [-0.05, 0) is 32.1 Å². The molecule has 4 nitrogen and oxygen atoms in total. The van der Waals surface area contributed by atoms with Crippen molar-refractivity contribution in [2.75, 3.05) is 33.2 Å². The van der Waals surface area contributed by atoms with Crippen LogP contribution in [0, 0.1) is 6.92 Å². The second kappa shape index (κ2) is 8.60. The highest BCUT2D eigenvalue weighted by Crippen LogP contribution is 2.30. The van der Waals surface area contributed by atoms with Crippen LogP contribution in [0.15, 0.2) is 24.3 Å². The SMILES string of the molecule is CCN(CC)CCN(C)C(=O)c1sc(-c2cccc(Cl)c2)nc1C. The van der Waals surface area contributed by atoms with Crippen molar-refractivity contribution in [3.8, 4) is 10.6 Å². The normalized spacial score (nSPS) is 11.1. The number of amides is 1. The van der Waals surface area contributed by atoms with Gasteiger partial charge in [0.15, 0.2) is 0 Å². The Hall–Kier alpha value is -1.43. The molecule has 0 radical (unpaired) electrons. The summed E-state index contributed by atoms with van der Waals surface area (Å²) in [5, 5.41) is 1.50. The van der Waals surface area contributed by atoms with E-state index in [1.807, 2.05) is 38.2 Å². The van der Waals surface area contributed by atoms with Crippen LogP contribution >= 0.6 is 22.9 Å². The number of aromatic nitrogens is 1. The fourth-order valence-corrected chi connectivity index (χ4v) is 3.69. The average molecular weight is 366 g/mol. The molecule has 2 aromatic rings. The molecule has 130 valence electrons. The topological polar surface area (TPSA) is 36.4 Å². The second-order valence-corrected chi connectivity index (χ2v) is 7.13. The second-order valence-electron chi connectivity index (χ2n) is 5.70. The molecule has 0 fully saturated rings. The summed E-state index contributed by atoms with van der Waals surface area (Å²) in [4.78, 5) is 22.1. The third-order valence-electron chi connectivity index (χ3n) is 4.06. The Balaban J connectivity index is 2.12. The average Bonchev–Trinajstić information content (AvgIpc) is 2.96. The van der Waals surface area contributed by atoms with Crippen molar-refractivity contribution in [2.24, 2.45) is 0 Å². The zero-order valence-electron chi connectivity index (χ0n) is 14.7. The fourth-order valence-electron chi connectivity index (χ4n) is 2.45. The van der Waals surface area contributed by atoms with Crippen molar-refractivity contribution < 1.29 is 4.79 Å². The fraction of sp³-hybridized carbons (Fsp3) is 0.444. The van der Waals surface area contributed by atoms with Crippen LogP contribution in [0.3, 0.4) is 0 Å². The quantitative estimate of drug-likeness (QED) is 0.738. The molecule has 0 atom stereocenters. The molecule has 0 bridgehead atoms. The minimum absolute atomic E-state index is 0.0328. The van der Waals surface area contributed by atoms with Crippen molar-refractivity contribution in [3.05, 3.63) is 39.9 Å². The standard InChI is InChI=1S/C18H24ClN3OS/c1-5-22(6-2)11-10-21(4)18(23)16-13(3)20-17(24-16)14-8-7-9-15(19)12-14/h7-9,12H,5-6,10-11H2,1-4H3. The third-order valence-corrected chi connectivity index (χ3v) is 5.48. The van der Waals surface area contributed by atoms with E-state index < -0.39 is 0 Å². The first-order chi connectivity index (χ1) is 11.5. The molecule has 1 aromatic carbocycles. The van der Waals surface area contributed by atoms with E-state index in [1.54, 1.807) is 4.90 Å². The molecule has 1 amide bonds. The van der Waals surface area contributed by atoms with E-state index in [0.717, 1.165) is 35.9 Å². The summed E-state index contributed by atoms with van der Waals surface area (Å²) in [5.41, 5.74) is 1.72. The summed E-state index contributed by atoms with van der Waals surface area (Å²) < 4.78 is 0. The molecule has 0 aliphatic heterocycles. The van der Waals surface area contributed by atoms with Gasteiger partial charge in [-0.15, -0.1) is 11.3 Å². The Morgan fingerprint density at radius 1 is 1.25 bits per heavy atom. The number of benzene rings is 1. The van der Waals surface area contributed by atoms with Crippen LogP contribution in [0.4, 0.5) is 0 Å². The first-order valence-electron chi connectivity index (χ1n) is 8.17. The smallest absolute Gasteiger partial charge is 0.265 e. The van der Waals surface area contributed by atoms with E-state index in [4.69, 9.17) is 11.6 Å². The van der Waals surface area contributed by atoms with Crippen molar-refractivity contribution >= 4 is 28.8 Å². The number of nitrogens with zero attached hydrogens (tertiary/aromatic N) is 3. The van der Waals surface area contributed by atoms with E-state index >= 15 is 0 Å². The predicted molar refractivity (Wildman–Crippen MR) is 102 cm³/mol. The number of halogens is 1. The lowest BCUT2D eigenvalue weighted by molar-refractivity contribution is 0.0783. The molecular weight excluding hydrogens is 342 g/mol. The number of rotatable bonds is 7. The number of thiazole rings is 1. The Morgan fingerprint density at radius 2 is 1.96 bits per heavy atom. The summed E-state index contributed by atoms with van der Waals surface area (Å²) in [6.07, 6.45) is 0. The van der Waals surface area contributed by atoms with Crippen molar-refractivity contribution in [2.45, 2.75) is 20.8 Å². The van der Waals surface area contributed by atoms with Crippen LogP contribution in [0.1, 0.15) is 29.2 Å². The highest BCUT2D eigenvalue weighted by Gasteiger charge is 2.20. The number of hydrogen-bond acceptors (Lipinski definition) is 4. The molecule has 24 heavy (non-hydrogen) atoms. The number of aryl methyl sites for hydroxylation is 1. The first kappa shape index (κ1) is 18.9. The molecule has 1 aromatic heterocycles. The largest absolute Gasteiger partial charge is 0.340 e. The number of carbonyl (C=O) groups excluding carboxylic acids is 1. The van der Waals surface area contributed by atoms with Crippen LogP contribution in [0.25, 0.3) is 10.6 Å². The number of carbonyl (C=O) groups is 1. The molecule has 0 unspecified atom stereocenters. The van der Waals surface area contributed by atoms with E-state index in [2.05, 4.69) is 23.7 Å². The van der Waals surface area contributed by atoms with Crippen LogP contribution < -0.4 is 0 Å². The number of hydrogen-bond donors (Lipinski definition) is 0. The maximum absolute atomic E-state index is 12.7. The Kier molecular flexibility index (Phi) is 6.78. The minimum atomic E-state index is 0.0328. The van der Waals surface area contributed by atoms with Crippen molar-refractivity contribution in [3.63, 3.8) is 0 Å². The molecule has 0 aliphatic rings. The van der Waals surface area contributed by atoms with Gasteiger partial charge in [-0.25, -0.2) is 4.98 Å². The van der Waals surface area contributed by atoms with Gasteiger partial charge in [0, 0.05) is 30.7 Å². The zero-order valence-corrected chi connectivity index (χ0v) is 16.2. The summed E-state index contributed by atoms with van der Waals surface area (Å²) >= 11 is 7.48. The van der Waals surface area contributed by atoms with Crippen LogP contribution in [0.2, 0.25) is 5.02 Å². The lowest BCUT2D eigenvalue weighted by atomic mass is 10.2. The summed E-state index contributed by atoms with van der Waals surface area (Å²) in [6, 6.07) is 7.56. The molecule has 6 heteroatoms. The molecule has 0 saturated heterocycles. The summed E-state index contributed by atoms with van der Waals surface area (Å²) in [5.74, 6) is 0.0328. The Labute approximate surface area is 153 Å².